The topological polar surface area (TPSA) is 138 Å². The number of fused-ring (bicyclic) bond motifs is 2. The minimum Gasteiger partial charge on any atom is -0.355 e. The van der Waals surface area contributed by atoms with E-state index in [1.807, 2.05) is 55.7 Å². The van der Waals surface area contributed by atoms with Gasteiger partial charge >= 0.3 is 5.69 Å². The maximum Gasteiger partial charge on any atom is 0.331 e. The van der Waals surface area contributed by atoms with Crippen LogP contribution in [0.2, 0.25) is 0 Å². The van der Waals surface area contributed by atoms with Gasteiger partial charge in [-0.2, -0.15) is 5.26 Å². The van der Waals surface area contributed by atoms with Gasteiger partial charge in [-0.3, -0.25) is 19.1 Å². The molecule has 11 nitrogen and oxygen atoms in total. The average Bonchev–Trinajstić information content (AvgIpc) is 3.25. The van der Waals surface area contributed by atoms with Gasteiger partial charge in [0.05, 0.1) is 23.8 Å². The number of aryl methyl sites for hydroxylation is 1. The molecule has 1 saturated heterocycles. The van der Waals surface area contributed by atoms with Crippen LogP contribution in [0.1, 0.15) is 50.8 Å². The van der Waals surface area contributed by atoms with E-state index in [4.69, 9.17) is 5.73 Å². The lowest BCUT2D eigenvalue weighted by Crippen LogP contribution is -2.45. The van der Waals surface area contributed by atoms with Crippen LogP contribution < -0.4 is 21.9 Å². The third kappa shape index (κ3) is 4.45. The molecule has 0 spiro atoms. The van der Waals surface area contributed by atoms with Gasteiger partial charge in [0, 0.05) is 38.3 Å². The SMILES string of the molecule is CC(C)=CCn1c(N2CCCC(N)C2)c(C#N)c2c1c(=O)n(CC1=Nc3ccccc3C(C)N1O)c(=O)n2C. The Bertz CT molecular complexity index is 1660. The summed E-state index contributed by atoms with van der Waals surface area (Å²) in [5.74, 6) is 0.788. The molecule has 5 rings (SSSR count). The number of hydrogen-bond donors (Lipinski definition) is 2. The number of hydrogen-bond acceptors (Lipinski definition) is 8. The summed E-state index contributed by atoms with van der Waals surface area (Å²) in [6.45, 7) is 7.15. The van der Waals surface area contributed by atoms with Crippen LogP contribution in [0.3, 0.4) is 0 Å². The number of piperidine rings is 1. The summed E-state index contributed by atoms with van der Waals surface area (Å²) in [4.78, 5) is 34.3. The van der Waals surface area contributed by atoms with Crippen LogP contribution in [0, 0.1) is 11.3 Å². The quantitative estimate of drug-likeness (QED) is 0.484. The molecule has 11 heteroatoms. The number of anilines is 1. The first-order chi connectivity index (χ1) is 18.6. The van der Waals surface area contributed by atoms with Crippen LogP contribution in [0.5, 0.6) is 0 Å². The standard InChI is InChI=1S/C28H34N8O3/c1-17(2)11-13-34-25-24(21(14-29)26(34)33-12-7-8-19(30)15-33)32(4)28(38)35(27(25)37)16-23-31-22-10-6-5-9-20(22)18(3)36(23)39/h5-6,9-11,18-19,39H,7-8,12-13,15-16,30H2,1-4H3. The lowest BCUT2D eigenvalue weighted by atomic mass is 10.0. The molecule has 4 heterocycles. The summed E-state index contributed by atoms with van der Waals surface area (Å²) in [6.07, 6.45) is 3.74. The van der Waals surface area contributed by atoms with Crippen molar-refractivity contribution in [2.24, 2.45) is 17.8 Å². The molecular formula is C28H34N8O3. The van der Waals surface area contributed by atoms with E-state index >= 15 is 0 Å². The van der Waals surface area contributed by atoms with E-state index in [0.717, 1.165) is 33.6 Å². The number of aliphatic imine (C=N–C) groups is 1. The molecule has 3 aromatic rings. The van der Waals surface area contributed by atoms with Gasteiger partial charge in [-0.25, -0.2) is 14.9 Å². The van der Waals surface area contributed by atoms with Crippen molar-refractivity contribution < 1.29 is 5.21 Å². The Kier molecular flexibility index (Phi) is 6.92. The van der Waals surface area contributed by atoms with Crippen molar-refractivity contribution in [1.82, 2.24) is 18.8 Å². The highest BCUT2D eigenvalue weighted by atomic mass is 16.5. The van der Waals surface area contributed by atoms with Crippen LogP contribution in [-0.2, 0) is 20.1 Å². The van der Waals surface area contributed by atoms with Crippen LogP contribution in [-0.4, -0.2) is 48.9 Å². The number of nitrogens with two attached hydrogens (primary N) is 1. The summed E-state index contributed by atoms with van der Waals surface area (Å²) < 4.78 is 4.26. The molecule has 2 unspecified atom stereocenters. The Balaban J connectivity index is 1.75. The molecule has 3 N–H and O–H groups in total. The monoisotopic (exact) mass is 530 g/mol. The van der Waals surface area contributed by atoms with E-state index in [-0.39, 0.29) is 29.5 Å². The Labute approximate surface area is 226 Å². The Hall–Kier alpha value is -4.14. The smallest absolute Gasteiger partial charge is 0.331 e. The first-order valence-corrected chi connectivity index (χ1v) is 13.2. The Morgan fingerprint density at radius 1 is 1.23 bits per heavy atom. The third-order valence-electron chi connectivity index (χ3n) is 7.63. The summed E-state index contributed by atoms with van der Waals surface area (Å²) in [5.41, 5.74) is 8.57. The van der Waals surface area contributed by atoms with Crippen molar-refractivity contribution in [3.05, 3.63) is 67.9 Å². The molecule has 2 atom stereocenters. The number of nitrogens with zero attached hydrogens (tertiary/aromatic N) is 7. The van der Waals surface area contributed by atoms with Crippen molar-refractivity contribution in [1.29, 1.82) is 5.26 Å². The first kappa shape index (κ1) is 26.5. The lowest BCUT2D eigenvalue weighted by molar-refractivity contribution is -0.0536. The zero-order valence-corrected chi connectivity index (χ0v) is 22.8. The molecule has 2 aromatic heterocycles. The summed E-state index contributed by atoms with van der Waals surface area (Å²) >= 11 is 0. The molecule has 39 heavy (non-hydrogen) atoms. The van der Waals surface area contributed by atoms with Gasteiger partial charge in [-0.15, -0.1) is 0 Å². The molecule has 204 valence electrons. The van der Waals surface area contributed by atoms with Gasteiger partial charge in [0.2, 0.25) is 0 Å². The summed E-state index contributed by atoms with van der Waals surface area (Å²) in [5, 5.41) is 22.2. The molecule has 0 saturated carbocycles. The maximum atomic E-state index is 14.1. The number of hydroxylamine groups is 2. The lowest BCUT2D eigenvalue weighted by Gasteiger charge is -2.33. The van der Waals surface area contributed by atoms with Crippen molar-refractivity contribution in [2.75, 3.05) is 18.0 Å². The zero-order valence-electron chi connectivity index (χ0n) is 22.8. The van der Waals surface area contributed by atoms with Crippen LogP contribution in [0.4, 0.5) is 11.5 Å². The Morgan fingerprint density at radius 3 is 2.67 bits per heavy atom. The van der Waals surface area contributed by atoms with Crippen LogP contribution >= 0.6 is 0 Å². The molecule has 2 aliphatic heterocycles. The Morgan fingerprint density at radius 2 is 1.97 bits per heavy atom. The predicted molar refractivity (Wildman–Crippen MR) is 151 cm³/mol. The highest BCUT2D eigenvalue weighted by Crippen LogP contribution is 2.34. The van der Waals surface area contributed by atoms with Crippen molar-refractivity contribution >= 4 is 28.4 Å². The molecule has 0 aliphatic carbocycles. The van der Waals surface area contributed by atoms with Gasteiger partial charge in [0.25, 0.3) is 5.56 Å². The fraction of sp³-hybridized carbons (Fsp3) is 0.429. The van der Waals surface area contributed by atoms with E-state index in [2.05, 4.69) is 16.0 Å². The molecule has 2 aliphatic rings. The van der Waals surface area contributed by atoms with Crippen molar-refractivity contribution in [2.45, 2.75) is 58.8 Å². The van der Waals surface area contributed by atoms with E-state index in [0.29, 0.717) is 36.7 Å². The first-order valence-electron chi connectivity index (χ1n) is 13.2. The average molecular weight is 531 g/mol. The second kappa shape index (κ2) is 10.2. The van der Waals surface area contributed by atoms with Crippen molar-refractivity contribution in [3.63, 3.8) is 0 Å². The van der Waals surface area contributed by atoms with Crippen LogP contribution in [0.15, 0.2) is 50.5 Å². The highest BCUT2D eigenvalue weighted by Gasteiger charge is 2.31. The fourth-order valence-electron chi connectivity index (χ4n) is 5.59. The second-order valence-electron chi connectivity index (χ2n) is 10.6. The number of rotatable bonds is 5. The zero-order chi connectivity index (χ0) is 28.0. The second-order valence-corrected chi connectivity index (χ2v) is 10.6. The predicted octanol–water partition coefficient (Wildman–Crippen LogP) is 2.76. The molecule has 0 bridgehead atoms. The molecular weight excluding hydrogens is 496 g/mol. The number of aromatic nitrogens is 3. The van der Waals surface area contributed by atoms with E-state index in [1.54, 1.807) is 7.05 Å². The normalized spacial score (nSPS) is 19.1. The minimum absolute atomic E-state index is 0.0506. The van der Waals surface area contributed by atoms with Gasteiger partial charge in [-0.1, -0.05) is 29.8 Å². The maximum absolute atomic E-state index is 14.1. The van der Waals surface area contributed by atoms with Gasteiger partial charge in [0.1, 0.15) is 28.8 Å². The van der Waals surface area contributed by atoms with E-state index < -0.39 is 17.3 Å². The summed E-state index contributed by atoms with van der Waals surface area (Å²) in [7, 11) is 1.57. The number of allylic oxidation sites excluding steroid dienone is 2. The minimum atomic E-state index is -0.590. The molecule has 0 amide bonds. The highest BCUT2D eigenvalue weighted by molar-refractivity contribution is 5.91. The van der Waals surface area contributed by atoms with E-state index in [1.165, 1.54) is 4.57 Å². The van der Waals surface area contributed by atoms with Gasteiger partial charge < -0.3 is 15.2 Å². The van der Waals surface area contributed by atoms with Crippen molar-refractivity contribution in [3.8, 4) is 6.07 Å². The van der Waals surface area contributed by atoms with Crippen LogP contribution in [0.25, 0.3) is 11.0 Å². The molecule has 1 fully saturated rings. The fourth-order valence-corrected chi connectivity index (χ4v) is 5.59. The van der Waals surface area contributed by atoms with Gasteiger partial charge in [0.15, 0.2) is 0 Å². The number of benzene rings is 1. The third-order valence-corrected chi connectivity index (χ3v) is 7.63. The molecule has 1 aromatic carbocycles. The van der Waals surface area contributed by atoms with Gasteiger partial charge in [-0.05, 0) is 39.7 Å². The largest absolute Gasteiger partial charge is 0.355 e. The molecule has 0 radical (unpaired) electrons. The number of para-hydroxylation sites is 1. The number of amidine groups is 1. The van der Waals surface area contributed by atoms with E-state index in [9.17, 15) is 20.1 Å². The number of nitriles is 1. The summed E-state index contributed by atoms with van der Waals surface area (Å²) in [6, 6.07) is 9.26.